The number of aryl methyl sites for hydroxylation is 1. The van der Waals surface area contributed by atoms with Gasteiger partial charge in [0.2, 0.25) is 5.43 Å². The average Bonchev–Trinajstić information content (AvgIpc) is 3.38. The highest BCUT2D eigenvalue weighted by molar-refractivity contribution is 7.11. The van der Waals surface area contributed by atoms with E-state index in [0.29, 0.717) is 19.6 Å². The molecule has 1 aliphatic rings. The summed E-state index contributed by atoms with van der Waals surface area (Å²) in [5, 5.41) is 15.9. The summed E-state index contributed by atoms with van der Waals surface area (Å²) in [6.07, 6.45) is -2.33. The number of alkyl halides is 3. The molecular weight excluding hydrogens is 549 g/mol. The summed E-state index contributed by atoms with van der Waals surface area (Å²) in [6.45, 7) is 5.48. The molecule has 1 aromatic carbocycles. The predicted octanol–water partition coefficient (Wildman–Crippen LogP) is 3.56. The van der Waals surface area contributed by atoms with Crippen LogP contribution in [0.3, 0.4) is 0 Å². The molecule has 39 heavy (non-hydrogen) atoms. The molecule has 3 N–H and O–H groups in total. The number of thiophene rings is 1. The molecule has 1 fully saturated rings. The highest BCUT2D eigenvalue weighted by Gasteiger charge is 2.38. The van der Waals surface area contributed by atoms with E-state index in [-0.39, 0.29) is 34.7 Å². The second kappa shape index (κ2) is 12.3. The van der Waals surface area contributed by atoms with E-state index in [2.05, 4.69) is 15.8 Å². The summed E-state index contributed by atoms with van der Waals surface area (Å²) in [4.78, 5) is 37.0. The zero-order chi connectivity index (χ0) is 28.9. The number of rotatable bonds is 5. The van der Waals surface area contributed by atoms with Crippen LogP contribution < -0.4 is 21.1 Å². The van der Waals surface area contributed by atoms with E-state index in [1.54, 1.807) is 11.8 Å². The van der Waals surface area contributed by atoms with Crippen molar-refractivity contribution < 1.29 is 36.6 Å². The molecule has 1 saturated heterocycles. The number of carbonyl (C=O) groups excluding carboxylic acids is 1. The number of hydrogen-bond donors (Lipinski definition) is 3. The van der Waals surface area contributed by atoms with Gasteiger partial charge in [0.1, 0.15) is 17.1 Å². The normalized spacial score (nSPS) is 15.8. The van der Waals surface area contributed by atoms with Crippen LogP contribution in [0.1, 0.15) is 29.1 Å². The minimum atomic E-state index is -5.08. The van der Waals surface area contributed by atoms with Gasteiger partial charge < -0.3 is 19.9 Å². The molecule has 3 aromatic rings. The molecule has 15 heteroatoms. The Bertz CT molecular complexity index is 1440. The van der Waals surface area contributed by atoms with E-state index >= 15 is 8.78 Å². The van der Waals surface area contributed by atoms with E-state index in [9.17, 15) is 22.8 Å². The number of pyridine rings is 1. The number of aliphatic carboxylic acids is 1. The van der Waals surface area contributed by atoms with Gasteiger partial charge >= 0.3 is 12.1 Å². The second-order valence-corrected chi connectivity index (χ2v) is 9.37. The minimum absolute atomic E-state index is 0.0151. The molecule has 0 aliphatic carbocycles. The molecule has 4 rings (SSSR count). The fourth-order valence-electron chi connectivity index (χ4n) is 3.89. The molecular formula is C24H24F5N5O4S. The number of nitrogens with one attached hydrogen (secondary N) is 2. The van der Waals surface area contributed by atoms with Gasteiger partial charge in [0.05, 0.1) is 17.1 Å². The van der Waals surface area contributed by atoms with Gasteiger partial charge in [0.25, 0.3) is 5.91 Å². The summed E-state index contributed by atoms with van der Waals surface area (Å²) in [7, 11) is 0. The topological polar surface area (TPSA) is 116 Å². The maximum absolute atomic E-state index is 15.6. The number of nitrogens with zero attached hydrogens (tertiary/aromatic N) is 3. The lowest BCUT2D eigenvalue weighted by atomic mass is 10.1. The van der Waals surface area contributed by atoms with Crippen molar-refractivity contribution in [2.24, 2.45) is 5.10 Å². The average molecular weight is 574 g/mol. The van der Waals surface area contributed by atoms with Crippen molar-refractivity contribution in [2.45, 2.75) is 32.6 Å². The summed E-state index contributed by atoms with van der Waals surface area (Å²) < 4.78 is 63.8. The predicted molar refractivity (Wildman–Crippen MR) is 137 cm³/mol. The van der Waals surface area contributed by atoms with Gasteiger partial charge in [0.15, 0.2) is 5.82 Å². The van der Waals surface area contributed by atoms with Crippen LogP contribution in [-0.2, 0) is 11.3 Å². The largest absolute Gasteiger partial charge is 0.490 e. The zero-order valence-electron chi connectivity index (χ0n) is 20.7. The molecule has 1 amide bonds. The van der Waals surface area contributed by atoms with Crippen molar-refractivity contribution in [3.63, 3.8) is 0 Å². The van der Waals surface area contributed by atoms with Crippen molar-refractivity contribution in [3.8, 4) is 0 Å². The number of piperazine rings is 1. The van der Waals surface area contributed by atoms with Crippen molar-refractivity contribution in [1.29, 1.82) is 0 Å². The molecule has 1 aliphatic heterocycles. The van der Waals surface area contributed by atoms with Gasteiger partial charge in [-0.1, -0.05) is 6.07 Å². The van der Waals surface area contributed by atoms with Gasteiger partial charge in [0, 0.05) is 43.3 Å². The van der Waals surface area contributed by atoms with Crippen LogP contribution in [0.4, 0.5) is 27.6 Å². The first-order valence-corrected chi connectivity index (χ1v) is 12.4. The maximum Gasteiger partial charge on any atom is 0.490 e. The number of hydrogen-bond acceptors (Lipinski definition) is 7. The number of fused-ring (bicyclic) bond motifs is 1. The standard InChI is InChI=1S/C22H23F2N5O2S.C2HF3O2/c1-3-28-12-16(22(31)27-26-10-14-5-4-8-32-14)21(30)15-9-17(23)20(18(24)19(15)28)29-7-6-25-13(2)11-29;3-2(4,5)1(6)7/h4-5,8-10,12-13,25H,3,6-7,11H2,1-2H3,(H,27,31);(H,6,7)/b26-10+;. The van der Waals surface area contributed by atoms with Crippen LogP contribution in [0.5, 0.6) is 0 Å². The van der Waals surface area contributed by atoms with Crippen molar-refractivity contribution in [3.05, 3.63) is 62.1 Å². The smallest absolute Gasteiger partial charge is 0.475 e. The number of carboxylic acid groups (broad SMARTS) is 1. The summed E-state index contributed by atoms with van der Waals surface area (Å²) >= 11 is 1.44. The Kier molecular flexibility index (Phi) is 9.40. The van der Waals surface area contributed by atoms with Crippen LogP contribution in [0.2, 0.25) is 0 Å². The molecule has 9 nitrogen and oxygen atoms in total. The number of amides is 1. The minimum Gasteiger partial charge on any atom is -0.475 e. The van der Waals surface area contributed by atoms with E-state index in [1.807, 2.05) is 24.4 Å². The summed E-state index contributed by atoms with van der Waals surface area (Å²) in [6, 6.07) is 4.77. The third-order valence-electron chi connectivity index (χ3n) is 5.64. The number of benzene rings is 1. The van der Waals surface area contributed by atoms with E-state index in [4.69, 9.17) is 9.90 Å². The van der Waals surface area contributed by atoms with Crippen molar-refractivity contribution in [1.82, 2.24) is 15.3 Å². The van der Waals surface area contributed by atoms with Crippen LogP contribution in [0.15, 0.2) is 39.7 Å². The molecule has 1 atom stereocenters. The van der Waals surface area contributed by atoms with E-state index in [1.165, 1.54) is 28.3 Å². The Labute approximate surface area is 222 Å². The molecule has 0 saturated carbocycles. The number of carbonyl (C=O) groups is 2. The number of anilines is 1. The van der Waals surface area contributed by atoms with Gasteiger partial charge in [-0.3, -0.25) is 9.59 Å². The first-order valence-electron chi connectivity index (χ1n) is 11.6. The quantitative estimate of drug-likeness (QED) is 0.244. The van der Waals surface area contributed by atoms with Crippen molar-refractivity contribution >= 4 is 46.0 Å². The van der Waals surface area contributed by atoms with Gasteiger partial charge in [-0.15, -0.1) is 11.3 Å². The molecule has 2 aromatic heterocycles. The summed E-state index contributed by atoms with van der Waals surface area (Å²) in [5.74, 6) is -5.12. The first kappa shape index (κ1) is 29.7. The number of carboxylic acids is 1. The number of halogens is 5. The molecule has 0 radical (unpaired) electrons. The third-order valence-corrected chi connectivity index (χ3v) is 6.45. The highest BCUT2D eigenvalue weighted by atomic mass is 32.1. The van der Waals surface area contributed by atoms with Crippen LogP contribution in [-0.4, -0.2) is 59.6 Å². The van der Waals surface area contributed by atoms with Crippen LogP contribution >= 0.6 is 11.3 Å². The lowest BCUT2D eigenvalue weighted by Crippen LogP contribution is -2.49. The van der Waals surface area contributed by atoms with E-state index < -0.39 is 35.1 Å². The lowest BCUT2D eigenvalue weighted by Gasteiger charge is -2.34. The molecule has 0 spiro atoms. The summed E-state index contributed by atoms with van der Waals surface area (Å²) in [5.41, 5.74) is 1.17. The van der Waals surface area contributed by atoms with Gasteiger partial charge in [-0.2, -0.15) is 18.3 Å². The highest BCUT2D eigenvalue weighted by Crippen LogP contribution is 2.30. The van der Waals surface area contributed by atoms with Gasteiger partial charge in [-0.05, 0) is 31.4 Å². The Hall–Kier alpha value is -3.85. The Morgan fingerprint density at radius 1 is 1.33 bits per heavy atom. The van der Waals surface area contributed by atoms with E-state index in [0.717, 1.165) is 10.9 Å². The Morgan fingerprint density at radius 3 is 2.59 bits per heavy atom. The van der Waals surface area contributed by atoms with Crippen molar-refractivity contribution in [2.75, 3.05) is 24.5 Å². The number of hydrazone groups is 1. The third kappa shape index (κ3) is 6.97. The first-order chi connectivity index (χ1) is 18.3. The number of aromatic nitrogens is 1. The second-order valence-electron chi connectivity index (χ2n) is 8.39. The molecule has 0 bridgehead atoms. The lowest BCUT2D eigenvalue weighted by molar-refractivity contribution is -0.192. The Morgan fingerprint density at radius 2 is 2.03 bits per heavy atom. The fraction of sp³-hybridized carbons (Fsp3) is 0.333. The van der Waals surface area contributed by atoms with Crippen LogP contribution in [0, 0.1) is 11.6 Å². The SMILES string of the molecule is CCn1cc(C(=O)N/N=C/c2cccs2)c(=O)c2cc(F)c(N3CCNC(C)C3)c(F)c21.O=C(O)C(F)(F)F. The Balaban J connectivity index is 0.000000532. The maximum atomic E-state index is 15.6. The molecule has 1 unspecified atom stereocenters. The fourth-order valence-corrected chi connectivity index (χ4v) is 4.48. The molecule has 210 valence electrons. The van der Waals surface area contributed by atoms with Crippen LogP contribution in [0.25, 0.3) is 10.9 Å². The monoisotopic (exact) mass is 573 g/mol. The zero-order valence-corrected chi connectivity index (χ0v) is 21.5. The van der Waals surface area contributed by atoms with Gasteiger partial charge in [-0.25, -0.2) is 19.0 Å². The molecule has 3 heterocycles.